The number of hydrogen-bond donors (Lipinski definition) is 1. The van der Waals surface area contributed by atoms with Gasteiger partial charge in [-0.3, -0.25) is 9.59 Å². The minimum Gasteiger partial charge on any atom is -0.378 e. The second-order valence-electron chi connectivity index (χ2n) is 13.6. The van der Waals surface area contributed by atoms with Crippen LogP contribution >= 0.6 is 0 Å². The number of anilines is 1. The monoisotopic (exact) mass is 594 g/mol. The molecule has 44 heavy (non-hydrogen) atoms. The molecule has 234 valence electrons. The molecule has 1 unspecified atom stereocenters. The summed E-state index contributed by atoms with van der Waals surface area (Å²) in [5.41, 5.74) is 5.79. The molecule has 2 amide bonds. The van der Waals surface area contributed by atoms with Crippen molar-refractivity contribution < 1.29 is 9.59 Å². The van der Waals surface area contributed by atoms with E-state index >= 15 is 0 Å². The lowest BCUT2D eigenvalue weighted by Gasteiger charge is -2.30. The Kier molecular flexibility index (Phi) is 11.3. The van der Waals surface area contributed by atoms with Gasteiger partial charge in [-0.1, -0.05) is 88.4 Å². The van der Waals surface area contributed by atoms with E-state index in [0.717, 1.165) is 41.6 Å². The topological polar surface area (TPSA) is 59.7 Å². The molecule has 1 atom stereocenters. The van der Waals surface area contributed by atoms with E-state index in [4.69, 9.17) is 0 Å². The van der Waals surface area contributed by atoms with Crippen molar-refractivity contribution in [2.75, 3.05) is 38.6 Å². The third-order valence-corrected chi connectivity index (χ3v) is 8.18. The Morgan fingerprint density at radius 3 is 2.11 bits per heavy atom. The first-order valence-electron chi connectivity index (χ1n) is 15.9. The SMILES string of the molecule is CC(CC(=O)N(CCc1ccccc1)CC(=O)N(CCc1c[nH]c2ccccc12)Cc1ccc(N(C)C)cc1)CC(C)(C)C. The van der Waals surface area contributed by atoms with Gasteiger partial charge in [0.25, 0.3) is 0 Å². The second-order valence-corrected chi connectivity index (χ2v) is 13.6. The molecule has 0 radical (unpaired) electrons. The summed E-state index contributed by atoms with van der Waals surface area (Å²) in [7, 11) is 4.05. The molecule has 0 saturated heterocycles. The van der Waals surface area contributed by atoms with Gasteiger partial charge in [0.1, 0.15) is 0 Å². The molecule has 1 N–H and O–H groups in total. The first-order chi connectivity index (χ1) is 21.0. The van der Waals surface area contributed by atoms with Crippen LogP contribution in [0.1, 0.15) is 57.2 Å². The van der Waals surface area contributed by atoms with E-state index in [-0.39, 0.29) is 29.7 Å². The van der Waals surface area contributed by atoms with Crippen LogP contribution in [-0.4, -0.2) is 60.3 Å². The Bertz CT molecular complexity index is 1480. The summed E-state index contributed by atoms with van der Waals surface area (Å²) < 4.78 is 0. The summed E-state index contributed by atoms with van der Waals surface area (Å²) in [4.78, 5) is 37.0. The maximum absolute atomic E-state index is 14.1. The van der Waals surface area contributed by atoms with Crippen LogP contribution in [0.5, 0.6) is 0 Å². The fraction of sp³-hybridized carbons (Fsp3) is 0.421. The van der Waals surface area contributed by atoms with Crippen molar-refractivity contribution in [1.29, 1.82) is 0 Å². The minimum absolute atomic E-state index is 0.0218. The fourth-order valence-electron chi connectivity index (χ4n) is 6.01. The predicted molar refractivity (Wildman–Crippen MR) is 183 cm³/mol. The molecule has 1 heterocycles. The number of carbonyl (C=O) groups is 2. The summed E-state index contributed by atoms with van der Waals surface area (Å²) in [6, 6.07) is 26.8. The van der Waals surface area contributed by atoms with Crippen LogP contribution in [0.25, 0.3) is 10.9 Å². The highest BCUT2D eigenvalue weighted by atomic mass is 16.2. The van der Waals surface area contributed by atoms with E-state index in [0.29, 0.717) is 26.1 Å². The van der Waals surface area contributed by atoms with Gasteiger partial charge in [-0.05, 0) is 65.5 Å². The highest BCUT2D eigenvalue weighted by Crippen LogP contribution is 2.26. The maximum Gasteiger partial charge on any atom is 0.242 e. The summed E-state index contributed by atoms with van der Waals surface area (Å²) >= 11 is 0. The molecule has 4 aromatic rings. The second kappa shape index (κ2) is 15.1. The summed E-state index contributed by atoms with van der Waals surface area (Å²) in [5.74, 6) is 0.273. The molecule has 6 nitrogen and oxygen atoms in total. The van der Waals surface area contributed by atoms with Gasteiger partial charge in [0.2, 0.25) is 11.8 Å². The van der Waals surface area contributed by atoms with Crippen LogP contribution in [0.3, 0.4) is 0 Å². The summed E-state index contributed by atoms with van der Waals surface area (Å²) in [6.45, 7) is 10.4. The van der Waals surface area contributed by atoms with Crippen LogP contribution in [0, 0.1) is 11.3 Å². The molecular weight excluding hydrogens is 544 g/mol. The molecular formula is C38H50N4O2. The van der Waals surface area contributed by atoms with Crippen LogP contribution < -0.4 is 4.90 Å². The summed E-state index contributed by atoms with van der Waals surface area (Å²) in [6.07, 6.45) is 4.89. The molecule has 1 aromatic heterocycles. The van der Waals surface area contributed by atoms with E-state index in [1.807, 2.05) is 55.5 Å². The summed E-state index contributed by atoms with van der Waals surface area (Å²) in [5, 5.41) is 1.18. The number of H-pyrrole nitrogens is 1. The molecule has 0 aliphatic carbocycles. The zero-order chi connectivity index (χ0) is 31.7. The van der Waals surface area contributed by atoms with Crippen LogP contribution in [0.15, 0.2) is 85.1 Å². The van der Waals surface area contributed by atoms with Gasteiger partial charge in [0.15, 0.2) is 0 Å². The smallest absolute Gasteiger partial charge is 0.242 e. The number of hydrogen-bond acceptors (Lipinski definition) is 3. The third kappa shape index (κ3) is 9.73. The van der Waals surface area contributed by atoms with Gasteiger partial charge < -0.3 is 19.7 Å². The van der Waals surface area contributed by atoms with Crippen LogP contribution in [0.4, 0.5) is 5.69 Å². The standard InChI is InChI=1S/C38H50N4O2/c1-29(25-38(2,3)4)24-36(43)42(22-20-30-12-8-7-9-13-30)28-37(44)41(27-31-16-18-33(19-17-31)40(5)6)23-21-32-26-39-35-15-11-10-14-34(32)35/h7-19,26,29,39H,20-25,27-28H2,1-6H3. The van der Waals surface area contributed by atoms with E-state index in [2.05, 4.69) is 86.1 Å². The molecule has 0 fully saturated rings. The minimum atomic E-state index is -0.0218. The number of nitrogens with one attached hydrogen (secondary N) is 1. The predicted octanol–water partition coefficient (Wildman–Crippen LogP) is 7.34. The normalized spacial score (nSPS) is 12.2. The lowest BCUT2D eigenvalue weighted by Crippen LogP contribution is -2.44. The molecule has 3 aromatic carbocycles. The highest BCUT2D eigenvalue weighted by Gasteiger charge is 2.25. The van der Waals surface area contributed by atoms with Crippen molar-refractivity contribution in [1.82, 2.24) is 14.8 Å². The van der Waals surface area contributed by atoms with Crippen molar-refractivity contribution in [3.8, 4) is 0 Å². The first kappa shape index (κ1) is 32.8. The first-order valence-corrected chi connectivity index (χ1v) is 15.9. The zero-order valence-electron chi connectivity index (χ0n) is 27.5. The number of aromatic amines is 1. The van der Waals surface area contributed by atoms with Gasteiger partial charge in [-0.15, -0.1) is 0 Å². The Morgan fingerprint density at radius 2 is 1.43 bits per heavy atom. The average molecular weight is 595 g/mol. The van der Waals surface area contributed by atoms with E-state index in [1.165, 1.54) is 10.9 Å². The number of benzene rings is 3. The molecule has 0 aliphatic heterocycles. The number of aromatic nitrogens is 1. The van der Waals surface area contributed by atoms with Gasteiger partial charge in [0.05, 0.1) is 6.54 Å². The van der Waals surface area contributed by atoms with E-state index in [1.54, 1.807) is 4.90 Å². The molecule has 0 spiro atoms. The molecule has 0 saturated carbocycles. The maximum atomic E-state index is 14.1. The van der Waals surface area contributed by atoms with Gasteiger partial charge >= 0.3 is 0 Å². The average Bonchev–Trinajstić information content (AvgIpc) is 3.40. The Balaban J connectivity index is 1.53. The van der Waals surface area contributed by atoms with Crippen molar-refractivity contribution in [2.24, 2.45) is 11.3 Å². The number of rotatable bonds is 14. The number of carbonyl (C=O) groups excluding carboxylic acids is 2. The lowest BCUT2D eigenvalue weighted by molar-refractivity contribution is -0.141. The van der Waals surface area contributed by atoms with Crippen LogP contribution in [0.2, 0.25) is 0 Å². The number of para-hydroxylation sites is 1. The quantitative estimate of drug-likeness (QED) is 0.166. The molecule has 6 heteroatoms. The highest BCUT2D eigenvalue weighted by molar-refractivity contribution is 5.85. The van der Waals surface area contributed by atoms with Gasteiger partial charge in [-0.2, -0.15) is 0 Å². The van der Waals surface area contributed by atoms with Gasteiger partial charge in [-0.25, -0.2) is 0 Å². The molecule has 4 rings (SSSR count). The van der Waals surface area contributed by atoms with E-state index < -0.39 is 0 Å². The van der Waals surface area contributed by atoms with E-state index in [9.17, 15) is 9.59 Å². The van der Waals surface area contributed by atoms with Gasteiger partial charge in [0, 0.05) is 62.9 Å². The molecule has 0 bridgehead atoms. The van der Waals surface area contributed by atoms with Crippen molar-refractivity contribution in [3.63, 3.8) is 0 Å². The van der Waals surface area contributed by atoms with Crippen molar-refractivity contribution >= 4 is 28.4 Å². The fourth-order valence-corrected chi connectivity index (χ4v) is 6.01. The molecule has 0 aliphatic rings. The van der Waals surface area contributed by atoms with Crippen molar-refractivity contribution in [2.45, 2.75) is 59.9 Å². The zero-order valence-corrected chi connectivity index (χ0v) is 27.5. The number of fused-ring (bicyclic) bond motifs is 1. The number of nitrogens with zero attached hydrogens (tertiary/aromatic N) is 3. The third-order valence-electron chi connectivity index (χ3n) is 8.18. The Morgan fingerprint density at radius 1 is 0.773 bits per heavy atom. The Hall–Kier alpha value is -4.06. The Labute approximate surface area is 264 Å². The van der Waals surface area contributed by atoms with Crippen molar-refractivity contribution in [3.05, 3.63) is 102 Å². The number of amides is 2. The van der Waals surface area contributed by atoms with Crippen LogP contribution in [-0.2, 0) is 29.0 Å². The largest absolute Gasteiger partial charge is 0.378 e. The lowest BCUT2D eigenvalue weighted by atomic mass is 9.84.